The van der Waals surface area contributed by atoms with Crippen molar-refractivity contribution in [1.82, 2.24) is 14.5 Å². The van der Waals surface area contributed by atoms with Crippen LogP contribution in [-0.2, 0) is 17.9 Å². The Bertz CT molecular complexity index is 1260. The van der Waals surface area contributed by atoms with Gasteiger partial charge in [-0.1, -0.05) is 12.1 Å². The summed E-state index contributed by atoms with van der Waals surface area (Å²) in [6, 6.07) is 11.7. The normalized spacial score (nSPS) is 13.2. The van der Waals surface area contributed by atoms with E-state index in [1.807, 2.05) is 0 Å². The van der Waals surface area contributed by atoms with Gasteiger partial charge in [-0.3, -0.25) is 18.7 Å². The van der Waals surface area contributed by atoms with Crippen molar-refractivity contribution in [2.75, 3.05) is 19.9 Å². The second kappa shape index (κ2) is 9.15. The van der Waals surface area contributed by atoms with Crippen LogP contribution in [0.5, 0.6) is 17.2 Å². The van der Waals surface area contributed by atoms with Gasteiger partial charge in [0.05, 0.1) is 10.9 Å². The van der Waals surface area contributed by atoms with E-state index in [-0.39, 0.29) is 38.6 Å². The van der Waals surface area contributed by atoms with Crippen LogP contribution in [0.3, 0.4) is 0 Å². The van der Waals surface area contributed by atoms with Crippen LogP contribution in [0.4, 0.5) is 0 Å². The lowest BCUT2D eigenvalue weighted by molar-refractivity contribution is -0.122. The zero-order chi connectivity index (χ0) is 22.7. The maximum atomic E-state index is 12.7. The van der Waals surface area contributed by atoms with Gasteiger partial charge in [0.25, 0.3) is 5.56 Å². The average Bonchev–Trinajstić information content (AvgIpc) is 3.27. The Morgan fingerprint density at radius 3 is 2.75 bits per heavy atom. The van der Waals surface area contributed by atoms with Gasteiger partial charge in [-0.2, -0.15) is 0 Å². The molecular formula is C22H23N3O7. The fourth-order valence-corrected chi connectivity index (χ4v) is 3.45. The van der Waals surface area contributed by atoms with Crippen molar-refractivity contribution in [2.45, 2.75) is 26.1 Å². The number of aliphatic hydroxyl groups is 1. The number of hydrogen-bond acceptors (Lipinski definition) is 7. The van der Waals surface area contributed by atoms with Crippen molar-refractivity contribution in [3.63, 3.8) is 0 Å². The quantitative estimate of drug-likeness (QED) is 0.521. The number of hydrogen-bond donors (Lipinski definition) is 2. The number of rotatable bonds is 8. The summed E-state index contributed by atoms with van der Waals surface area (Å²) >= 11 is 0. The minimum absolute atomic E-state index is 0.0521. The van der Waals surface area contributed by atoms with E-state index in [1.165, 1.54) is 4.57 Å². The largest absolute Gasteiger partial charge is 0.491 e. The van der Waals surface area contributed by atoms with Gasteiger partial charge in [-0.05, 0) is 31.2 Å². The molecule has 1 aliphatic heterocycles. The van der Waals surface area contributed by atoms with Gasteiger partial charge < -0.3 is 24.6 Å². The number of ether oxygens (including phenoxy) is 3. The first-order valence-electron chi connectivity index (χ1n) is 10.2. The highest BCUT2D eigenvalue weighted by Gasteiger charge is 2.16. The lowest BCUT2D eigenvalue weighted by Crippen LogP contribution is -2.43. The Morgan fingerprint density at radius 2 is 1.94 bits per heavy atom. The predicted octanol–water partition coefficient (Wildman–Crippen LogP) is 0.468. The number of benzene rings is 2. The van der Waals surface area contributed by atoms with E-state index in [0.717, 1.165) is 4.57 Å². The number of para-hydroxylation sites is 1. The van der Waals surface area contributed by atoms with Gasteiger partial charge in [-0.15, -0.1) is 0 Å². The fraction of sp³-hybridized carbons (Fsp3) is 0.318. The molecule has 10 heteroatoms. The molecule has 168 valence electrons. The van der Waals surface area contributed by atoms with E-state index in [0.29, 0.717) is 28.2 Å². The van der Waals surface area contributed by atoms with Crippen LogP contribution in [0.1, 0.15) is 6.92 Å². The van der Waals surface area contributed by atoms with Gasteiger partial charge in [-0.25, -0.2) is 4.79 Å². The van der Waals surface area contributed by atoms with Crippen molar-refractivity contribution in [3.05, 3.63) is 63.3 Å². The number of nitrogens with one attached hydrogen (secondary N) is 1. The number of aromatic nitrogens is 2. The second-order valence-corrected chi connectivity index (χ2v) is 7.22. The van der Waals surface area contributed by atoms with E-state index >= 15 is 0 Å². The number of amides is 1. The summed E-state index contributed by atoms with van der Waals surface area (Å²) in [5.41, 5.74) is -0.562. The summed E-state index contributed by atoms with van der Waals surface area (Å²) < 4.78 is 18.4. The molecule has 0 spiro atoms. The average molecular weight is 441 g/mol. The van der Waals surface area contributed by atoms with Gasteiger partial charge in [0.2, 0.25) is 12.7 Å². The Labute approximate surface area is 182 Å². The lowest BCUT2D eigenvalue weighted by atomic mass is 10.2. The molecule has 0 saturated heterocycles. The van der Waals surface area contributed by atoms with Crippen LogP contribution in [0.2, 0.25) is 0 Å². The zero-order valence-corrected chi connectivity index (χ0v) is 17.4. The molecular weight excluding hydrogens is 418 g/mol. The van der Waals surface area contributed by atoms with Crippen molar-refractivity contribution in [1.29, 1.82) is 0 Å². The molecule has 2 aromatic carbocycles. The molecule has 2 N–H and O–H groups in total. The van der Waals surface area contributed by atoms with Crippen LogP contribution >= 0.6 is 0 Å². The zero-order valence-electron chi connectivity index (χ0n) is 17.4. The highest BCUT2D eigenvalue weighted by Crippen LogP contribution is 2.35. The molecule has 1 aliphatic rings. The van der Waals surface area contributed by atoms with E-state index in [2.05, 4.69) is 5.32 Å². The highest BCUT2D eigenvalue weighted by molar-refractivity contribution is 5.81. The Balaban J connectivity index is 1.37. The molecule has 10 nitrogen and oxygen atoms in total. The highest BCUT2D eigenvalue weighted by atomic mass is 16.7. The minimum atomic E-state index is -0.970. The number of aliphatic hydroxyl groups excluding tert-OH is 1. The van der Waals surface area contributed by atoms with Crippen LogP contribution in [0.15, 0.2) is 52.1 Å². The molecule has 1 aromatic heterocycles. The molecule has 0 aliphatic carbocycles. The van der Waals surface area contributed by atoms with Crippen molar-refractivity contribution < 1.29 is 24.1 Å². The molecule has 1 unspecified atom stereocenters. The summed E-state index contributed by atoms with van der Waals surface area (Å²) in [5.74, 6) is 1.22. The smallest absolute Gasteiger partial charge is 0.331 e. The summed E-state index contributed by atoms with van der Waals surface area (Å²) in [4.78, 5) is 37.6. The summed E-state index contributed by atoms with van der Waals surface area (Å²) in [7, 11) is 0. The molecule has 0 radical (unpaired) electrons. The Kier molecular flexibility index (Phi) is 6.13. The molecule has 0 fully saturated rings. The molecule has 1 amide bonds. The summed E-state index contributed by atoms with van der Waals surface area (Å²) in [6.07, 6.45) is -0.970. The minimum Gasteiger partial charge on any atom is -0.491 e. The van der Waals surface area contributed by atoms with Crippen molar-refractivity contribution in [2.24, 2.45) is 0 Å². The molecule has 2 heterocycles. The number of nitrogens with zero attached hydrogens (tertiary/aromatic N) is 2. The SMILES string of the molecule is CCn1c(=O)c2ccccc2n(CC(=O)NCC(O)COc2ccc3c(c2)OCO3)c1=O. The standard InChI is InChI=1S/C22H23N3O7/c1-2-24-21(28)16-5-3-4-6-17(16)25(22(24)29)11-20(27)23-10-14(26)12-30-15-7-8-18-19(9-15)32-13-31-18/h3-9,14,26H,2,10-13H2,1H3,(H,23,27). The summed E-state index contributed by atoms with van der Waals surface area (Å²) in [6.45, 7) is 1.64. The first kappa shape index (κ1) is 21.4. The number of fused-ring (bicyclic) bond motifs is 2. The number of carbonyl (C=O) groups excluding carboxylic acids is 1. The van der Waals surface area contributed by atoms with Gasteiger partial charge >= 0.3 is 5.69 Å². The van der Waals surface area contributed by atoms with Crippen LogP contribution in [0.25, 0.3) is 10.9 Å². The summed E-state index contributed by atoms with van der Waals surface area (Å²) in [5, 5.41) is 13.1. The Morgan fingerprint density at radius 1 is 1.16 bits per heavy atom. The van der Waals surface area contributed by atoms with Gasteiger partial charge in [0, 0.05) is 19.2 Å². The van der Waals surface area contributed by atoms with E-state index in [1.54, 1.807) is 49.4 Å². The van der Waals surface area contributed by atoms with Crippen LogP contribution < -0.4 is 30.8 Å². The van der Waals surface area contributed by atoms with Crippen molar-refractivity contribution >= 4 is 16.8 Å². The Hall–Kier alpha value is -3.79. The van der Waals surface area contributed by atoms with Crippen molar-refractivity contribution in [3.8, 4) is 17.2 Å². The lowest BCUT2D eigenvalue weighted by Gasteiger charge is -2.15. The van der Waals surface area contributed by atoms with E-state index < -0.39 is 17.7 Å². The van der Waals surface area contributed by atoms with E-state index in [9.17, 15) is 19.5 Å². The molecule has 3 aromatic rings. The molecule has 4 rings (SSSR count). The van der Waals surface area contributed by atoms with Crippen LogP contribution in [-0.4, -0.2) is 46.2 Å². The van der Waals surface area contributed by atoms with Gasteiger partial charge in [0.1, 0.15) is 25.0 Å². The van der Waals surface area contributed by atoms with Gasteiger partial charge in [0.15, 0.2) is 11.5 Å². The monoisotopic (exact) mass is 441 g/mol. The third-order valence-electron chi connectivity index (χ3n) is 5.07. The topological polar surface area (TPSA) is 121 Å². The molecule has 0 saturated carbocycles. The predicted molar refractivity (Wildman–Crippen MR) is 115 cm³/mol. The maximum absolute atomic E-state index is 12.7. The first-order chi connectivity index (χ1) is 15.5. The maximum Gasteiger partial charge on any atom is 0.331 e. The van der Waals surface area contributed by atoms with E-state index in [4.69, 9.17) is 14.2 Å². The molecule has 0 bridgehead atoms. The molecule has 32 heavy (non-hydrogen) atoms. The second-order valence-electron chi connectivity index (χ2n) is 7.22. The molecule has 1 atom stereocenters. The fourth-order valence-electron chi connectivity index (χ4n) is 3.45. The third-order valence-corrected chi connectivity index (χ3v) is 5.07. The number of carbonyl (C=O) groups is 1. The third kappa shape index (κ3) is 4.30. The first-order valence-corrected chi connectivity index (χ1v) is 10.2. The van der Waals surface area contributed by atoms with Crippen LogP contribution in [0, 0.1) is 0 Å².